The number of benzene rings is 2. The van der Waals surface area contributed by atoms with Crippen LogP contribution in [0.5, 0.6) is 0 Å². The number of aromatic nitrogens is 2. The number of rotatable bonds is 9. The molecule has 0 saturated carbocycles. The molecule has 0 aliphatic rings. The standard InChI is InChI=1S/C21H23ClN4O2/c22-18-9-7-17(8-10-18)21-24-19(28-25-21)11-12-20(27)26(14-4-13-23)15-16-5-2-1-3-6-16/h1-3,5-10H,4,11-15,23H2. The Labute approximate surface area is 169 Å². The van der Waals surface area contributed by atoms with Gasteiger partial charge in [-0.15, -0.1) is 0 Å². The zero-order valence-electron chi connectivity index (χ0n) is 15.6. The fourth-order valence-electron chi connectivity index (χ4n) is 2.82. The Morgan fingerprint density at radius 2 is 1.86 bits per heavy atom. The monoisotopic (exact) mass is 398 g/mol. The normalized spacial score (nSPS) is 10.8. The molecule has 7 heteroatoms. The first-order valence-electron chi connectivity index (χ1n) is 9.26. The number of carbonyl (C=O) groups is 1. The fourth-order valence-corrected chi connectivity index (χ4v) is 2.95. The van der Waals surface area contributed by atoms with E-state index in [1.807, 2.05) is 47.4 Å². The van der Waals surface area contributed by atoms with Crippen molar-refractivity contribution in [2.75, 3.05) is 13.1 Å². The molecule has 28 heavy (non-hydrogen) atoms. The van der Waals surface area contributed by atoms with Crippen LogP contribution in [0.3, 0.4) is 0 Å². The third kappa shape index (κ3) is 5.65. The molecule has 0 spiro atoms. The zero-order chi connectivity index (χ0) is 19.8. The average Bonchev–Trinajstić information content (AvgIpc) is 3.19. The van der Waals surface area contributed by atoms with E-state index >= 15 is 0 Å². The van der Waals surface area contributed by atoms with Gasteiger partial charge in [-0.05, 0) is 42.8 Å². The molecule has 3 rings (SSSR count). The van der Waals surface area contributed by atoms with Crippen molar-refractivity contribution in [1.29, 1.82) is 0 Å². The van der Waals surface area contributed by atoms with Crippen LogP contribution in [0.25, 0.3) is 11.4 Å². The summed E-state index contributed by atoms with van der Waals surface area (Å²) in [5.41, 5.74) is 7.54. The number of aryl methyl sites for hydroxylation is 1. The minimum absolute atomic E-state index is 0.0449. The molecule has 0 bridgehead atoms. The number of amides is 1. The van der Waals surface area contributed by atoms with Gasteiger partial charge in [0.25, 0.3) is 0 Å². The van der Waals surface area contributed by atoms with Crippen LogP contribution in [-0.4, -0.2) is 34.0 Å². The lowest BCUT2D eigenvalue weighted by Crippen LogP contribution is -2.32. The van der Waals surface area contributed by atoms with E-state index in [0.717, 1.165) is 17.5 Å². The van der Waals surface area contributed by atoms with Crippen molar-refractivity contribution in [3.05, 3.63) is 71.1 Å². The Bertz CT molecular complexity index is 881. The second-order valence-electron chi connectivity index (χ2n) is 6.46. The molecule has 2 aromatic carbocycles. The molecular formula is C21H23ClN4O2. The molecule has 0 saturated heterocycles. The van der Waals surface area contributed by atoms with Crippen LogP contribution in [0, 0.1) is 0 Å². The maximum absolute atomic E-state index is 12.7. The molecule has 1 amide bonds. The number of carbonyl (C=O) groups excluding carboxylic acids is 1. The van der Waals surface area contributed by atoms with Crippen molar-refractivity contribution in [2.24, 2.45) is 5.73 Å². The van der Waals surface area contributed by atoms with Crippen molar-refractivity contribution in [3.8, 4) is 11.4 Å². The van der Waals surface area contributed by atoms with Crippen LogP contribution >= 0.6 is 11.6 Å². The highest BCUT2D eigenvalue weighted by atomic mass is 35.5. The van der Waals surface area contributed by atoms with E-state index in [1.54, 1.807) is 12.1 Å². The smallest absolute Gasteiger partial charge is 0.227 e. The van der Waals surface area contributed by atoms with Crippen molar-refractivity contribution < 1.29 is 9.32 Å². The molecule has 6 nitrogen and oxygen atoms in total. The van der Waals surface area contributed by atoms with Gasteiger partial charge in [-0.1, -0.05) is 47.1 Å². The van der Waals surface area contributed by atoms with Gasteiger partial charge in [0.05, 0.1) is 0 Å². The van der Waals surface area contributed by atoms with Crippen molar-refractivity contribution in [2.45, 2.75) is 25.8 Å². The van der Waals surface area contributed by atoms with E-state index in [0.29, 0.717) is 49.2 Å². The third-order valence-corrected chi connectivity index (χ3v) is 4.58. The molecule has 2 N–H and O–H groups in total. The van der Waals surface area contributed by atoms with Gasteiger partial charge in [0, 0.05) is 36.5 Å². The van der Waals surface area contributed by atoms with Crippen LogP contribution < -0.4 is 5.73 Å². The summed E-state index contributed by atoms with van der Waals surface area (Å²) in [6.07, 6.45) is 1.47. The molecule has 3 aromatic rings. The predicted octanol–water partition coefficient (Wildman–Crippen LogP) is 3.70. The SMILES string of the molecule is NCCCN(Cc1ccccc1)C(=O)CCc1nc(-c2ccc(Cl)cc2)no1. The molecule has 0 fully saturated rings. The molecule has 1 aromatic heterocycles. The van der Waals surface area contributed by atoms with Crippen LogP contribution in [0.1, 0.15) is 24.3 Å². The van der Waals surface area contributed by atoms with Crippen LogP contribution in [0.15, 0.2) is 59.1 Å². The highest BCUT2D eigenvalue weighted by Gasteiger charge is 2.16. The summed E-state index contributed by atoms with van der Waals surface area (Å²) in [4.78, 5) is 18.9. The summed E-state index contributed by atoms with van der Waals surface area (Å²) in [5, 5.41) is 4.63. The molecule has 0 radical (unpaired) electrons. The lowest BCUT2D eigenvalue weighted by Gasteiger charge is -2.22. The summed E-state index contributed by atoms with van der Waals surface area (Å²) in [7, 11) is 0. The van der Waals surface area contributed by atoms with E-state index < -0.39 is 0 Å². The summed E-state index contributed by atoms with van der Waals surface area (Å²) in [6.45, 7) is 1.75. The van der Waals surface area contributed by atoms with Crippen molar-refractivity contribution >= 4 is 17.5 Å². The Morgan fingerprint density at radius 3 is 2.57 bits per heavy atom. The second kappa shape index (κ2) is 10.0. The van der Waals surface area contributed by atoms with Gasteiger partial charge in [0.1, 0.15) is 0 Å². The Kier molecular flexibility index (Phi) is 7.17. The van der Waals surface area contributed by atoms with Gasteiger partial charge in [-0.3, -0.25) is 4.79 Å². The number of hydrogen-bond donors (Lipinski definition) is 1. The number of halogens is 1. The topological polar surface area (TPSA) is 85.2 Å². The average molecular weight is 399 g/mol. The lowest BCUT2D eigenvalue weighted by atomic mass is 10.2. The van der Waals surface area contributed by atoms with Crippen LogP contribution in [0.4, 0.5) is 0 Å². The molecule has 0 atom stereocenters. The Hall–Kier alpha value is -2.70. The van der Waals surface area contributed by atoms with Gasteiger partial charge < -0.3 is 15.2 Å². The quantitative estimate of drug-likeness (QED) is 0.594. The summed E-state index contributed by atoms with van der Waals surface area (Å²) in [5.74, 6) is 0.976. The first-order chi connectivity index (χ1) is 13.7. The van der Waals surface area contributed by atoms with E-state index in [4.69, 9.17) is 21.9 Å². The van der Waals surface area contributed by atoms with E-state index in [1.165, 1.54) is 0 Å². The number of nitrogens with two attached hydrogens (primary N) is 1. The van der Waals surface area contributed by atoms with Gasteiger partial charge in [-0.25, -0.2) is 0 Å². The first kappa shape index (κ1) is 20.0. The predicted molar refractivity (Wildman–Crippen MR) is 109 cm³/mol. The van der Waals surface area contributed by atoms with Gasteiger partial charge in [-0.2, -0.15) is 4.98 Å². The molecule has 146 valence electrons. The highest BCUT2D eigenvalue weighted by Crippen LogP contribution is 2.19. The van der Waals surface area contributed by atoms with Gasteiger partial charge >= 0.3 is 0 Å². The Morgan fingerprint density at radius 1 is 1.11 bits per heavy atom. The van der Waals surface area contributed by atoms with Crippen LogP contribution in [0.2, 0.25) is 5.02 Å². The minimum Gasteiger partial charge on any atom is -0.339 e. The fraction of sp³-hybridized carbons (Fsp3) is 0.286. The molecular weight excluding hydrogens is 376 g/mol. The zero-order valence-corrected chi connectivity index (χ0v) is 16.3. The highest BCUT2D eigenvalue weighted by molar-refractivity contribution is 6.30. The van der Waals surface area contributed by atoms with Crippen molar-refractivity contribution in [1.82, 2.24) is 15.0 Å². The molecule has 0 aliphatic heterocycles. The van der Waals surface area contributed by atoms with Crippen molar-refractivity contribution in [3.63, 3.8) is 0 Å². The first-order valence-corrected chi connectivity index (χ1v) is 9.64. The Balaban J connectivity index is 1.60. The lowest BCUT2D eigenvalue weighted by molar-refractivity contribution is -0.131. The summed E-state index contributed by atoms with van der Waals surface area (Å²) >= 11 is 5.90. The van der Waals surface area contributed by atoms with Crippen LogP contribution in [-0.2, 0) is 17.8 Å². The number of nitrogens with zero attached hydrogens (tertiary/aromatic N) is 3. The maximum Gasteiger partial charge on any atom is 0.227 e. The van der Waals surface area contributed by atoms with Gasteiger partial charge in [0.2, 0.25) is 17.6 Å². The van der Waals surface area contributed by atoms with Gasteiger partial charge in [0.15, 0.2) is 0 Å². The van der Waals surface area contributed by atoms with E-state index in [-0.39, 0.29) is 5.91 Å². The van der Waals surface area contributed by atoms with E-state index in [2.05, 4.69) is 10.1 Å². The van der Waals surface area contributed by atoms with E-state index in [9.17, 15) is 4.79 Å². The minimum atomic E-state index is 0.0449. The second-order valence-corrected chi connectivity index (χ2v) is 6.90. The largest absolute Gasteiger partial charge is 0.339 e. The summed E-state index contributed by atoms with van der Waals surface area (Å²) < 4.78 is 5.29. The molecule has 1 heterocycles. The maximum atomic E-state index is 12.7. The molecule has 0 unspecified atom stereocenters. The summed E-state index contributed by atoms with van der Waals surface area (Å²) in [6, 6.07) is 17.1. The molecule has 0 aliphatic carbocycles. The number of hydrogen-bond acceptors (Lipinski definition) is 5. The third-order valence-electron chi connectivity index (χ3n) is 4.32.